The van der Waals surface area contributed by atoms with Crippen molar-refractivity contribution < 1.29 is 9.53 Å². The second kappa shape index (κ2) is 7.22. The highest BCUT2D eigenvalue weighted by Gasteiger charge is 2.14. The molecule has 0 bridgehead atoms. The highest BCUT2D eigenvalue weighted by molar-refractivity contribution is 5.95. The minimum atomic E-state index is -0.180. The number of rotatable bonds is 5. The minimum Gasteiger partial charge on any atom is -0.491 e. The van der Waals surface area contributed by atoms with Crippen LogP contribution < -0.4 is 10.1 Å². The molecule has 1 aromatic carbocycles. The van der Waals surface area contributed by atoms with Crippen LogP contribution in [0.25, 0.3) is 0 Å². The van der Waals surface area contributed by atoms with E-state index in [-0.39, 0.29) is 11.9 Å². The lowest BCUT2D eigenvalue weighted by atomic mass is 10.1. The number of aromatic nitrogens is 2. The average molecular weight is 313 g/mol. The zero-order valence-corrected chi connectivity index (χ0v) is 14.3. The van der Waals surface area contributed by atoms with Crippen LogP contribution in [0.2, 0.25) is 0 Å². The SMILES string of the molecule is Cc1ncc(C(=O)N[C@@H](C)COc2c(C)cccc2C)c(C)n1. The van der Waals surface area contributed by atoms with Crippen LogP contribution in [0.15, 0.2) is 24.4 Å². The van der Waals surface area contributed by atoms with Crippen molar-refractivity contribution in [3.8, 4) is 5.75 Å². The summed E-state index contributed by atoms with van der Waals surface area (Å²) in [6.45, 7) is 9.95. The monoisotopic (exact) mass is 313 g/mol. The van der Waals surface area contributed by atoms with E-state index in [9.17, 15) is 4.79 Å². The van der Waals surface area contributed by atoms with Crippen molar-refractivity contribution in [3.63, 3.8) is 0 Å². The summed E-state index contributed by atoms with van der Waals surface area (Å²) in [5, 5.41) is 2.92. The van der Waals surface area contributed by atoms with Crippen molar-refractivity contribution in [2.24, 2.45) is 0 Å². The molecule has 0 unspecified atom stereocenters. The first-order valence-electron chi connectivity index (χ1n) is 7.68. The van der Waals surface area contributed by atoms with E-state index in [0.717, 1.165) is 16.9 Å². The molecule has 5 nitrogen and oxygen atoms in total. The molecule has 1 atom stereocenters. The Labute approximate surface area is 137 Å². The Morgan fingerprint density at radius 2 is 1.87 bits per heavy atom. The molecule has 122 valence electrons. The van der Waals surface area contributed by atoms with Crippen molar-refractivity contribution in [3.05, 3.63) is 52.6 Å². The van der Waals surface area contributed by atoms with Crippen molar-refractivity contribution in [1.82, 2.24) is 15.3 Å². The standard InChI is InChI=1S/C18H23N3O2/c1-11-7-6-8-12(2)17(11)23-10-13(3)20-18(22)16-9-19-15(5)21-14(16)4/h6-9,13H,10H2,1-5H3,(H,20,22)/t13-/m0/s1. The summed E-state index contributed by atoms with van der Waals surface area (Å²) in [6.07, 6.45) is 1.56. The molecule has 0 aliphatic rings. The van der Waals surface area contributed by atoms with Gasteiger partial charge in [0.25, 0.3) is 5.91 Å². The van der Waals surface area contributed by atoms with Crippen LogP contribution in [0.1, 0.15) is 39.9 Å². The van der Waals surface area contributed by atoms with Crippen LogP contribution >= 0.6 is 0 Å². The summed E-state index contributed by atoms with van der Waals surface area (Å²) in [6, 6.07) is 5.90. The third-order valence-electron chi connectivity index (χ3n) is 3.61. The number of carbonyl (C=O) groups is 1. The molecule has 1 aromatic heterocycles. The highest BCUT2D eigenvalue weighted by atomic mass is 16.5. The van der Waals surface area contributed by atoms with Gasteiger partial charge in [-0.3, -0.25) is 4.79 Å². The van der Waals surface area contributed by atoms with Crippen LogP contribution in [0.3, 0.4) is 0 Å². The Morgan fingerprint density at radius 1 is 1.22 bits per heavy atom. The zero-order chi connectivity index (χ0) is 17.0. The average Bonchev–Trinajstić information content (AvgIpc) is 2.46. The maximum Gasteiger partial charge on any atom is 0.255 e. The third-order valence-corrected chi connectivity index (χ3v) is 3.61. The third kappa shape index (κ3) is 4.28. The lowest BCUT2D eigenvalue weighted by Gasteiger charge is -2.17. The molecule has 0 saturated carbocycles. The van der Waals surface area contributed by atoms with Crippen LogP contribution in [-0.4, -0.2) is 28.5 Å². The van der Waals surface area contributed by atoms with Crippen LogP contribution in [0.5, 0.6) is 5.75 Å². The number of ether oxygens (including phenoxy) is 1. The van der Waals surface area contributed by atoms with Gasteiger partial charge in [0.05, 0.1) is 17.3 Å². The van der Waals surface area contributed by atoms with Gasteiger partial charge in [0.15, 0.2) is 0 Å². The van der Waals surface area contributed by atoms with Gasteiger partial charge in [0.2, 0.25) is 0 Å². The first kappa shape index (κ1) is 16.9. The van der Waals surface area contributed by atoms with Gasteiger partial charge in [-0.25, -0.2) is 9.97 Å². The van der Waals surface area contributed by atoms with E-state index in [2.05, 4.69) is 15.3 Å². The van der Waals surface area contributed by atoms with Gasteiger partial charge in [-0.2, -0.15) is 0 Å². The van der Waals surface area contributed by atoms with Gasteiger partial charge in [-0.05, 0) is 45.7 Å². The number of aryl methyl sites for hydroxylation is 4. The van der Waals surface area contributed by atoms with Crippen LogP contribution in [0, 0.1) is 27.7 Å². The molecule has 1 heterocycles. The van der Waals surface area contributed by atoms with E-state index >= 15 is 0 Å². The van der Waals surface area contributed by atoms with Crippen LogP contribution in [-0.2, 0) is 0 Å². The quantitative estimate of drug-likeness (QED) is 0.922. The molecule has 0 spiro atoms. The van der Waals surface area contributed by atoms with E-state index < -0.39 is 0 Å². The number of hydrogen-bond donors (Lipinski definition) is 1. The molecule has 5 heteroatoms. The Hall–Kier alpha value is -2.43. The van der Waals surface area contributed by atoms with E-state index in [1.54, 1.807) is 20.0 Å². The van der Waals surface area contributed by atoms with E-state index in [1.807, 2.05) is 39.0 Å². The molecule has 2 rings (SSSR count). The fourth-order valence-corrected chi connectivity index (χ4v) is 2.38. The lowest BCUT2D eigenvalue weighted by Crippen LogP contribution is -2.37. The smallest absolute Gasteiger partial charge is 0.255 e. The summed E-state index contributed by atoms with van der Waals surface area (Å²) in [7, 11) is 0. The Bertz CT molecular complexity index is 693. The van der Waals surface area contributed by atoms with Gasteiger partial charge in [0.1, 0.15) is 18.2 Å². The molecule has 1 N–H and O–H groups in total. The normalized spacial score (nSPS) is 11.9. The summed E-state index contributed by atoms with van der Waals surface area (Å²) < 4.78 is 5.87. The highest BCUT2D eigenvalue weighted by Crippen LogP contribution is 2.22. The molecule has 0 fully saturated rings. The maximum atomic E-state index is 12.3. The van der Waals surface area contributed by atoms with E-state index in [0.29, 0.717) is 23.7 Å². The first-order chi connectivity index (χ1) is 10.9. The first-order valence-corrected chi connectivity index (χ1v) is 7.68. The number of nitrogens with zero attached hydrogens (tertiary/aromatic N) is 2. The molecule has 0 saturated heterocycles. The predicted molar refractivity (Wildman–Crippen MR) is 89.8 cm³/mol. The number of amides is 1. The topological polar surface area (TPSA) is 64.1 Å². The fourth-order valence-electron chi connectivity index (χ4n) is 2.38. The van der Waals surface area contributed by atoms with Crippen LogP contribution in [0.4, 0.5) is 0 Å². The Morgan fingerprint density at radius 3 is 2.48 bits per heavy atom. The molecule has 0 aliphatic carbocycles. The minimum absolute atomic E-state index is 0.123. The summed E-state index contributed by atoms with van der Waals surface area (Å²) >= 11 is 0. The fraction of sp³-hybridized carbons (Fsp3) is 0.389. The second-order valence-corrected chi connectivity index (χ2v) is 5.82. The van der Waals surface area contributed by atoms with Crippen molar-refractivity contribution in [1.29, 1.82) is 0 Å². The van der Waals surface area contributed by atoms with Gasteiger partial charge >= 0.3 is 0 Å². The predicted octanol–water partition coefficient (Wildman–Crippen LogP) is 2.91. The van der Waals surface area contributed by atoms with Gasteiger partial charge < -0.3 is 10.1 Å². The van der Waals surface area contributed by atoms with Crippen molar-refractivity contribution >= 4 is 5.91 Å². The Kier molecular flexibility index (Phi) is 5.32. The number of hydrogen-bond acceptors (Lipinski definition) is 4. The molecular weight excluding hydrogens is 290 g/mol. The largest absolute Gasteiger partial charge is 0.491 e. The molecular formula is C18H23N3O2. The number of para-hydroxylation sites is 1. The molecule has 2 aromatic rings. The number of benzene rings is 1. The molecule has 0 radical (unpaired) electrons. The molecule has 1 amide bonds. The zero-order valence-electron chi connectivity index (χ0n) is 14.3. The van der Waals surface area contributed by atoms with Crippen molar-refractivity contribution in [2.75, 3.05) is 6.61 Å². The number of carbonyl (C=O) groups excluding carboxylic acids is 1. The summed E-state index contributed by atoms with van der Waals surface area (Å²) in [4.78, 5) is 20.6. The summed E-state index contributed by atoms with van der Waals surface area (Å²) in [5.74, 6) is 1.36. The van der Waals surface area contributed by atoms with E-state index in [4.69, 9.17) is 4.74 Å². The Balaban J connectivity index is 1.97. The lowest BCUT2D eigenvalue weighted by molar-refractivity contribution is 0.0925. The van der Waals surface area contributed by atoms with E-state index in [1.165, 1.54) is 0 Å². The van der Waals surface area contributed by atoms with Gasteiger partial charge in [-0.15, -0.1) is 0 Å². The number of nitrogens with one attached hydrogen (secondary N) is 1. The maximum absolute atomic E-state index is 12.3. The molecule has 0 aliphatic heterocycles. The second-order valence-electron chi connectivity index (χ2n) is 5.82. The molecule has 23 heavy (non-hydrogen) atoms. The summed E-state index contributed by atoms with van der Waals surface area (Å²) in [5.41, 5.74) is 3.35. The van der Waals surface area contributed by atoms with Crippen molar-refractivity contribution in [2.45, 2.75) is 40.7 Å². The van der Waals surface area contributed by atoms with Gasteiger partial charge in [0, 0.05) is 6.20 Å². The van der Waals surface area contributed by atoms with Gasteiger partial charge in [-0.1, -0.05) is 18.2 Å².